The van der Waals surface area contributed by atoms with E-state index in [-0.39, 0.29) is 12.2 Å². The third-order valence-electron chi connectivity index (χ3n) is 2.38. The average molecular weight is 352 g/mol. The fourth-order valence-electron chi connectivity index (χ4n) is 1.38. The zero-order valence-electron chi connectivity index (χ0n) is 11.1. The molecule has 0 fully saturated rings. The summed E-state index contributed by atoms with van der Waals surface area (Å²) >= 11 is 7.01. The Morgan fingerprint density at radius 1 is 1.48 bits per heavy atom. The number of rotatable bonds is 7. The highest BCUT2D eigenvalue weighted by Gasteiger charge is 2.20. The summed E-state index contributed by atoms with van der Waals surface area (Å²) in [6.07, 6.45) is 3.51. The van der Waals surface area contributed by atoms with Crippen LogP contribution in [0.25, 0.3) is 6.08 Å². The summed E-state index contributed by atoms with van der Waals surface area (Å²) in [5, 5.41) is 11.2. The summed E-state index contributed by atoms with van der Waals surface area (Å²) in [5.41, 5.74) is 0. The van der Waals surface area contributed by atoms with Crippen molar-refractivity contribution in [3.63, 3.8) is 0 Å². The Morgan fingerprint density at radius 2 is 2.14 bits per heavy atom. The maximum Gasteiger partial charge on any atom is 0.326 e. The van der Waals surface area contributed by atoms with Gasteiger partial charge in [-0.15, -0.1) is 11.3 Å². The Labute approximate surface area is 131 Å². The van der Waals surface area contributed by atoms with Crippen molar-refractivity contribution in [1.29, 1.82) is 0 Å². The molecule has 1 aromatic rings. The Hall–Kier alpha value is -1.38. The number of aliphatic carboxylic acids is 1. The number of hydrogen-bond donors (Lipinski definition) is 2. The van der Waals surface area contributed by atoms with Crippen LogP contribution in [0.4, 0.5) is 0 Å². The predicted molar refractivity (Wildman–Crippen MR) is 82.3 cm³/mol. The van der Waals surface area contributed by atoms with Gasteiger partial charge in [0.05, 0.1) is 10.1 Å². The minimum absolute atomic E-state index is 0.182. The summed E-state index contributed by atoms with van der Waals surface area (Å²) in [6.45, 7) is 0. The van der Waals surface area contributed by atoms with E-state index in [2.05, 4.69) is 5.32 Å². The normalized spacial score (nSPS) is 13.2. The predicted octanol–water partition coefficient (Wildman–Crippen LogP) is 1.42. The molecule has 0 aliphatic carbocycles. The van der Waals surface area contributed by atoms with Crippen molar-refractivity contribution >= 4 is 50.7 Å². The quantitative estimate of drug-likeness (QED) is 0.723. The maximum atomic E-state index is 11.6. The number of thiophene rings is 1. The molecule has 9 heteroatoms. The lowest BCUT2D eigenvalue weighted by molar-refractivity contribution is -0.141. The fourth-order valence-corrected chi connectivity index (χ4v) is 3.01. The number of carbonyl (C=O) groups excluding carboxylic acids is 1. The first-order valence-corrected chi connectivity index (χ1v) is 9.07. The van der Waals surface area contributed by atoms with E-state index in [4.69, 9.17) is 16.7 Å². The molecule has 0 bridgehead atoms. The topological polar surface area (TPSA) is 101 Å². The Kier molecular flexibility index (Phi) is 6.38. The molecule has 21 heavy (non-hydrogen) atoms. The lowest BCUT2D eigenvalue weighted by Crippen LogP contribution is -2.41. The Balaban J connectivity index is 2.60. The van der Waals surface area contributed by atoms with Crippen LogP contribution in [0.3, 0.4) is 0 Å². The van der Waals surface area contributed by atoms with Gasteiger partial charge in [0, 0.05) is 17.2 Å². The molecule has 1 rings (SSSR count). The molecule has 2 N–H and O–H groups in total. The Morgan fingerprint density at radius 3 is 2.62 bits per heavy atom. The van der Waals surface area contributed by atoms with Gasteiger partial charge in [0.15, 0.2) is 0 Å². The molecule has 0 saturated heterocycles. The first kappa shape index (κ1) is 17.7. The number of carboxylic acids is 1. The summed E-state index contributed by atoms with van der Waals surface area (Å²) in [6, 6.07) is 2.15. The van der Waals surface area contributed by atoms with Crippen LogP contribution in [-0.2, 0) is 19.4 Å². The molecule has 0 radical (unpaired) electrons. The molecule has 0 spiro atoms. The van der Waals surface area contributed by atoms with E-state index in [1.807, 2.05) is 0 Å². The monoisotopic (exact) mass is 351 g/mol. The van der Waals surface area contributed by atoms with Crippen LogP contribution in [0.1, 0.15) is 11.3 Å². The van der Waals surface area contributed by atoms with Crippen LogP contribution in [-0.4, -0.2) is 43.5 Å². The van der Waals surface area contributed by atoms with E-state index in [9.17, 15) is 18.0 Å². The SMILES string of the molecule is CS(=O)(=O)CCC(NC(=O)/C=C/c1ccc(Cl)s1)C(=O)O. The zero-order chi connectivity index (χ0) is 16.0. The number of carbonyl (C=O) groups is 2. The third kappa shape index (κ3) is 7.26. The van der Waals surface area contributed by atoms with Crippen LogP contribution in [0.5, 0.6) is 0 Å². The molecule has 6 nitrogen and oxygen atoms in total. The van der Waals surface area contributed by atoms with Crippen molar-refractivity contribution in [2.75, 3.05) is 12.0 Å². The summed E-state index contributed by atoms with van der Waals surface area (Å²) < 4.78 is 22.6. The molecule has 1 aromatic heterocycles. The van der Waals surface area contributed by atoms with Crippen molar-refractivity contribution in [2.24, 2.45) is 0 Å². The number of amides is 1. The highest BCUT2D eigenvalue weighted by atomic mass is 35.5. The molecule has 1 heterocycles. The van der Waals surface area contributed by atoms with Gasteiger partial charge in [-0.25, -0.2) is 13.2 Å². The second-order valence-corrected chi connectivity index (χ2v) is 8.30. The van der Waals surface area contributed by atoms with Gasteiger partial charge < -0.3 is 10.4 Å². The summed E-state index contributed by atoms with van der Waals surface area (Å²) in [5.74, 6) is -2.20. The van der Waals surface area contributed by atoms with Crippen LogP contribution in [0.2, 0.25) is 4.34 Å². The molecular formula is C12H14ClNO5S2. The van der Waals surface area contributed by atoms with Gasteiger partial charge in [-0.05, 0) is 24.6 Å². The van der Waals surface area contributed by atoms with E-state index in [1.54, 1.807) is 12.1 Å². The van der Waals surface area contributed by atoms with Crippen LogP contribution >= 0.6 is 22.9 Å². The van der Waals surface area contributed by atoms with Gasteiger partial charge in [0.25, 0.3) is 0 Å². The van der Waals surface area contributed by atoms with Crippen molar-refractivity contribution < 1.29 is 23.1 Å². The molecule has 1 unspecified atom stereocenters. The first-order chi connectivity index (χ1) is 9.67. The average Bonchev–Trinajstić information content (AvgIpc) is 2.76. The number of halogens is 1. The number of sulfone groups is 1. The minimum Gasteiger partial charge on any atom is -0.480 e. The molecule has 1 amide bonds. The van der Waals surface area contributed by atoms with Gasteiger partial charge in [0.2, 0.25) is 5.91 Å². The largest absolute Gasteiger partial charge is 0.480 e. The number of hydrogen-bond acceptors (Lipinski definition) is 5. The Bertz CT molecular complexity index is 650. The van der Waals surface area contributed by atoms with E-state index < -0.39 is 27.8 Å². The first-order valence-electron chi connectivity index (χ1n) is 5.82. The standard InChI is InChI=1S/C12H14ClNO5S2/c1-21(18,19)7-6-9(12(16)17)14-11(15)5-3-8-2-4-10(13)20-8/h2-5,9H,6-7H2,1H3,(H,14,15)(H,16,17)/b5-3+. The molecule has 116 valence electrons. The van der Waals surface area contributed by atoms with Gasteiger partial charge >= 0.3 is 5.97 Å². The smallest absolute Gasteiger partial charge is 0.326 e. The maximum absolute atomic E-state index is 11.6. The molecule has 0 aliphatic rings. The van der Waals surface area contributed by atoms with Gasteiger partial charge in [0.1, 0.15) is 15.9 Å². The fraction of sp³-hybridized carbons (Fsp3) is 0.333. The van der Waals surface area contributed by atoms with Crippen LogP contribution < -0.4 is 5.32 Å². The minimum atomic E-state index is -3.29. The van der Waals surface area contributed by atoms with Crippen molar-refractivity contribution in [3.05, 3.63) is 27.4 Å². The highest BCUT2D eigenvalue weighted by Crippen LogP contribution is 2.22. The van der Waals surface area contributed by atoms with Crippen LogP contribution in [0.15, 0.2) is 18.2 Å². The highest BCUT2D eigenvalue weighted by molar-refractivity contribution is 7.90. The molecule has 0 saturated carbocycles. The second-order valence-electron chi connectivity index (χ2n) is 4.29. The van der Waals surface area contributed by atoms with E-state index in [1.165, 1.54) is 23.5 Å². The van der Waals surface area contributed by atoms with Gasteiger partial charge in [-0.3, -0.25) is 4.79 Å². The van der Waals surface area contributed by atoms with Crippen molar-refractivity contribution in [1.82, 2.24) is 5.32 Å². The summed E-state index contributed by atoms with van der Waals surface area (Å²) in [4.78, 5) is 23.4. The third-order valence-corrected chi connectivity index (χ3v) is 4.56. The zero-order valence-corrected chi connectivity index (χ0v) is 13.5. The number of carboxylic acid groups (broad SMARTS) is 1. The molecule has 0 aromatic carbocycles. The lowest BCUT2D eigenvalue weighted by atomic mass is 10.2. The number of nitrogens with one attached hydrogen (secondary N) is 1. The lowest BCUT2D eigenvalue weighted by Gasteiger charge is -2.12. The van der Waals surface area contributed by atoms with E-state index in [0.29, 0.717) is 4.34 Å². The van der Waals surface area contributed by atoms with Crippen molar-refractivity contribution in [3.8, 4) is 0 Å². The van der Waals surface area contributed by atoms with Gasteiger partial charge in [-0.1, -0.05) is 11.6 Å². The second kappa shape index (κ2) is 7.58. The van der Waals surface area contributed by atoms with Crippen molar-refractivity contribution in [2.45, 2.75) is 12.5 Å². The molecular weight excluding hydrogens is 338 g/mol. The molecule has 1 atom stereocenters. The van der Waals surface area contributed by atoms with Crippen LogP contribution in [0, 0.1) is 0 Å². The summed E-state index contributed by atoms with van der Waals surface area (Å²) in [7, 11) is -3.29. The molecule has 0 aliphatic heterocycles. The van der Waals surface area contributed by atoms with E-state index >= 15 is 0 Å². The van der Waals surface area contributed by atoms with E-state index in [0.717, 1.165) is 11.1 Å². The van der Waals surface area contributed by atoms with Gasteiger partial charge in [-0.2, -0.15) is 0 Å².